The van der Waals surface area contributed by atoms with E-state index >= 15 is 0 Å². The van der Waals surface area contributed by atoms with Crippen LogP contribution in [0.5, 0.6) is 5.75 Å². The molecule has 1 rings (SSSR count). The van der Waals surface area contributed by atoms with Crippen LogP contribution in [0.1, 0.15) is 63.9 Å². The van der Waals surface area contributed by atoms with Crippen LogP contribution in [-0.2, 0) is 11.2 Å². The Morgan fingerprint density at radius 1 is 1.05 bits per heavy atom. The maximum Gasteiger partial charge on any atom is 0.137 e. The maximum absolute atomic E-state index is 11.9. The fourth-order valence-electron chi connectivity index (χ4n) is 2.38. The van der Waals surface area contributed by atoms with E-state index in [4.69, 9.17) is 4.74 Å². The quantitative estimate of drug-likeness (QED) is 0.535. The normalized spacial score (nSPS) is 10.5. The van der Waals surface area contributed by atoms with Gasteiger partial charge in [-0.25, -0.2) is 0 Å². The van der Waals surface area contributed by atoms with Crippen molar-refractivity contribution in [2.24, 2.45) is 0 Å². The third kappa shape index (κ3) is 7.32. The van der Waals surface area contributed by atoms with E-state index in [1.54, 1.807) is 7.11 Å². The van der Waals surface area contributed by atoms with Gasteiger partial charge in [0.25, 0.3) is 0 Å². The van der Waals surface area contributed by atoms with E-state index < -0.39 is 0 Å². The summed E-state index contributed by atoms with van der Waals surface area (Å²) in [5, 5.41) is 0. The highest BCUT2D eigenvalue weighted by molar-refractivity contribution is 5.80. The molecule has 2 nitrogen and oxygen atoms in total. The Labute approximate surface area is 123 Å². The van der Waals surface area contributed by atoms with Gasteiger partial charge in [-0.2, -0.15) is 0 Å². The standard InChI is InChI=1S/C18H28O2/c1-3-4-5-6-7-8-9-12-17(19)14-16-11-10-13-18(15-16)20-2/h10-11,13,15H,3-9,12,14H2,1-2H3. The summed E-state index contributed by atoms with van der Waals surface area (Å²) < 4.78 is 5.17. The van der Waals surface area contributed by atoms with E-state index in [0.717, 1.165) is 17.7 Å². The zero-order chi connectivity index (χ0) is 14.6. The summed E-state index contributed by atoms with van der Waals surface area (Å²) in [5.41, 5.74) is 1.05. The molecule has 0 aliphatic heterocycles. The van der Waals surface area contributed by atoms with Crippen LogP contribution in [0, 0.1) is 0 Å². The van der Waals surface area contributed by atoms with Gasteiger partial charge >= 0.3 is 0 Å². The molecule has 0 aliphatic rings. The van der Waals surface area contributed by atoms with Crippen molar-refractivity contribution in [2.45, 2.75) is 64.7 Å². The molecule has 0 spiro atoms. The molecule has 0 radical (unpaired) electrons. The minimum Gasteiger partial charge on any atom is -0.497 e. The lowest BCUT2D eigenvalue weighted by Crippen LogP contribution is -2.02. The molecule has 2 heteroatoms. The number of rotatable bonds is 11. The number of carbonyl (C=O) groups excluding carboxylic acids is 1. The first-order valence-electron chi connectivity index (χ1n) is 7.91. The molecule has 0 saturated heterocycles. The van der Waals surface area contributed by atoms with Crippen molar-refractivity contribution in [3.63, 3.8) is 0 Å². The molecule has 0 heterocycles. The second-order valence-corrected chi connectivity index (χ2v) is 5.44. The van der Waals surface area contributed by atoms with Gasteiger partial charge in [0.05, 0.1) is 7.11 Å². The summed E-state index contributed by atoms with van der Waals surface area (Å²) in [7, 11) is 1.65. The monoisotopic (exact) mass is 276 g/mol. The van der Waals surface area contributed by atoms with Crippen LogP contribution >= 0.6 is 0 Å². The number of hydrogen-bond acceptors (Lipinski definition) is 2. The lowest BCUT2D eigenvalue weighted by Gasteiger charge is -2.04. The summed E-state index contributed by atoms with van der Waals surface area (Å²) in [6.45, 7) is 2.23. The van der Waals surface area contributed by atoms with Crippen LogP contribution in [0.25, 0.3) is 0 Å². The topological polar surface area (TPSA) is 26.3 Å². The van der Waals surface area contributed by atoms with Crippen LogP contribution < -0.4 is 4.74 Å². The summed E-state index contributed by atoms with van der Waals surface area (Å²) in [6, 6.07) is 7.78. The van der Waals surface area contributed by atoms with Crippen molar-refractivity contribution in [3.05, 3.63) is 29.8 Å². The number of hydrogen-bond donors (Lipinski definition) is 0. The van der Waals surface area contributed by atoms with Gasteiger partial charge in [-0.15, -0.1) is 0 Å². The Bertz CT molecular complexity index is 385. The molecule has 1 aromatic carbocycles. The van der Waals surface area contributed by atoms with E-state index in [-0.39, 0.29) is 0 Å². The molecule has 0 aliphatic carbocycles. The fourth-order valence-corrected chi connectivity index (χ4v) is 2.38. The third-order valence-corrected chi connectivity index (χ3v) is 3.59. The average molecular weight is 276 g/mol. The fraction of sp³-hybridized carbons (Fsp3) is 0.611. The van der Waals surface area contributed by atoms with Gasteiger partial charge in [-0.05, 0) is 24.1 Å². The second-order valence-electron chi connectivity index (χ2n) is 5.44. The minimum absolute atomic E-state index is 0.340. The molecular formula is C18H28O2. The number of ether oxygens (including phenoxy) is 1. The van der Waals surface area contributed by atoms with E-state index in [0.29, 0.717) is 18.6 Å². The second kappa shape index (κ2) is 10.5. The van der Waals surface area contributed by atoms with Crippen molar-refractivity contribution in [2.75, 3.05) is 7.11 Å². The number of carbonyl (C=O) groups is 1. The first kappa shape index (κ1) is 16.7. The van der Waals surface area contributed by atoms with Crippen molar-refractivity contribution in [1.82, 2.24) is 0 Å². The summed E-state index contributed by atoms with van der Waals surface area (Å²) in [5.74, 6) is 1.16. The predicted octanol–water partition coefficient (Wildman–Crippen LogP) is 4.95. The van der Waals surface area contributed by atoms with Crippen LogP contribution in [0.15, 0.2) is 24.3 Å². The molecule has 0 aromatic heterocycles. The average Bonchev–Trinajstić information content (AvgIpc) is 2.46. The van der Waals surface area contributed by atoms with E-state index in [1.165, 1.54) is 38.5 Å². The van der Waals surface area contributed by atoms with E-state index in [1.807, 2.05) is 24.3 Å². The van der Waals surface area contributed by atoms with Gasteiger partial charge in [0.15, 0.2) is 0 Å². The molecule has 112 valence electrons. The molecule has 0 fully saturated rings. The molecular weight excluding hydrogens is 248 g/mol. The van der Waals surface area contributed by atoms with Gasteiger partial charge < -0.3 is 4.74 Å². The number of Topliss-reactive ketones (excluding diaryl/α,β-unsaturated/α-hetero) is 1. The SMILES string of the molecule is CCCCCCCCCC(=O)Cc1cccc(OC)c1. The molecule has 0 atom stereocenters. The third-order valence-electron chi connectivity index (χ3n) is 3.59. The zero-order valence-corrected chi connectivity index (χ0v) is 13.0. The highest BCUT2D eigenvalue weighted by Crippen LogP contribution is 2.14. The molecule has 0 N–H and O–H groups in total. The largest absolute Gasteiger partial charge is 0.497 e. The highest BCUT2D eigenvalue weighted by Gasteiger charge is 2.04. The van der Waals surface area contributed by atoms with Gasteiger partial charge in [0.1, 0.15) is 11.5 Å². The Hall–Kier alpha value is -1.31. The Morgan fingerprint density at radius 2 is 1.75 bits per heavy atom. The van der Waals surface area contributed by atoms with Crippen molar-refractivity contribution >= 4 is 5.78 Å². The molecule has 0 bridgehead atoms. The first-order chi connectivity index (χ1) is 9.76. The van der Waals surface area contributed by atoms with Gasteiger partial charge in [-0.3, -0.25) is 4.79 Å². The minimum atomic E-state index is 0.340. The molecule has 20 heavy (non-hydrogen) atoms. The number of ketones is 1. The molecule has 1 aromatic rings. The van der Waals surface area contributed by atoms with Crippen LogP contribution in [0.4, 0.5) is 0 Å². The predicted molar refractivity (Wildman–Crippen MR) is 84.3 cm³/mol. The Morgan fingerprint density at radius 3 is 2.45 bits per heavy atom. The summed E-state index contributed by atoms with van der Waals surface area (Å²) in [4.78, 5) is 11.9. The van der Waals surface area contributed by atoms with Crippen molar-refractivity contribution in [3.8, 4) is 5.75 Å². The van der Waals surface area contributed by atoms with Gasteiger partial charge in [0, 0.05) is 12.8 Å². The van der Waals surface area contributed by atoms with Crippen molar-refractivity contribution < 1.29 is 9.53 Å². The Balaban J connectivity index is 2.13. The van der Waals surface area contributed by atoms with Gasteiger partial charge in [-0.1, -0.05) is 57.6 Å². The number of methoxy groups -OCH3 is 1. The molecule has 0 saturated carbocycles. The van der Waals surface area contributed by atoms with Crippen LogP contribution in [0.3, 0.4) is 0 Å². The first-order valence-corrected chi connectivity index (χ1v) is 7.91. The van der Waals surface area contributed by atoms with E-state index in [9.17, 15) is 4.79 Å². The lowest BCUT2D eigenvalue weighted by molar-refractivity contribution is -0.118. The lowest BCUT2D eigenvalue weighted by atomic mass is 10.0. The smallest absolute Gasteiger partial charge is 0.137 e. The van der Waals surface area contributed by atoms with Crippen LogP contribution in [-0.4, -0.2) is 12.9 Å². The summed E-state index contributed by atoms with van der Waals surface area (Å²) in [6.07, 6.45) is 10.0. The van der Waals surface area contributed by atoms with E-state index in [2.05, 4.69) is 6.92 Å². The molecule has 0 unspecified atom stereocenters. The molecule has 0 amide bonds. The maximum atomic E-state index is 11.9. The van der Waals surface area contributed by atoms with Crippen molar-refractivity contribution in [1.29, 1.82) is 0 Å². The Kier molecular flexibility index (Phi) is 8.77. The highest BCUT2D eigenvalue weighted by atomic mass is 16.5. The number of benzene rings is 1. The summed E-state index contributed by atoms with van der Waals surface area (Å²) >= 11 is 0. The van der Waals surface area contributed by atoms with Gasteiger partial charge in [0.2, 0.25) is 0 Å². The zero-order valence-electron chi connectivity index (χ0n) is 13.0. The van der Waals surface area contributed by atoms with Crippen LogP contribution in [0.2, 0.25) is 0 Å². The number of unbranched alkanes of at least 4 members (excludes halogenated alkanes) is 6.